The van der Waals surface area contributed by atoms with E-state index < -0.39 is 10.5 Å². The second-order valence-corrected chi connectivity index (χ2v) is 7.74. The maximum Gasteiger partial charge on any atom is 0.407 e. The van der Waals surface area contributed by atoms with Gasteiger partial charge >= 0.3 is 11.8 Å². The molecule has 1 aromatic rings. The van der Waals surface area contributed by atoms with Crippen LogP contribution in [-0.2, 0) is 4.74 Å². The molecule has 1 amide bonds. The Morgan fingerprint density at radius 1 is 1.29 bits per heavy atom. The minimum Gasteiger partial charge on any atom is -0.481 e. The summed E-state index contributed by atoms with van der Waals surface area (Å²) in [6.45, 7) is 5.51. The van der Waals surface area contributed by atoms with E-state index in [4.69, 9.17) is 9.47 Å². The fourth-order valence-corrected chi connectivity index (χ4v) is 2.99. The van der Waals surface area contributed by atoms with Crippen LogP contribution in [0.4, 0.5) is 16.3 Å². The number of aromatic nitrogens is 1. The number of amides is 1. The van der Waals surface area contributed by atoms with E-state index in [0.29, 0.717) is 11.8 Å². The lowest BCUT2D eigenvalue weighted by Crippen LogP contribution is -2.40. The van der Waals surface area contributed by atoms with Gasteiger partial charge in [-0.25, -0.2) is 4.79 Å². The predicted octanol–water partition coefficient (Wildman–Crippen LogP) is 4.01. The minimum atomic E-state index is -0.507. The Morgan fingerprint density at radius 2 is 1.96 bits per heavy atom. The smallest absolute Gasteiger partial charge is 0.407 e. The molecule has 9 heteroatoms. The van der Waals surface area contributed by atoms with Gasteiger partial charge in [0.15, 0.2) is 0 Å². The zero-order valence-corrected chi connectivity index (χ0v) is 16.7. The van der Waals surface area contributed by atoms with E-state index in [1.165, 1.54) is 19.2 Å². The quantitative estimate of drug-likeness (QED) is 0.555. The first-order valence-electron chi connectivity index (χ1n) is 9.30. The molecule has 1 aliphatic rings. The number of rotatable bonds is 6. The predicted molar refractivity (Wildman–Crippen MR) is 105 cm³/mol. The average molecular weight is 392 g/mol. The first-order valence-corrected chi connectivity index (χ1v) is 9.30. The molecule has 1 aromatic heterocycles. The molecule has 28 heavy (non-hydrogen) atoms. The van der Waals surface area contributed by atoms with Crippen LogP contribution >= 0.6 is 0 Å². The molecule has 0 bridgehead atoms. The molecule has 0 spiro atoms. The van der Waals surface area contributed by atoms with E-state index in [0.717, 1.165) is 25.7 Å². The third-order valence-electron chi connectivity index (χ3n) is 4.34. The summed E-state index contributed by atoms with van der Waals surface area (Å²) >= 11 is 0. The summed E-state index contributed by atoms with van der Waals surface area (Å²) < 4.78 is 10.3. The number of methoxy groups -OCH3 is 1. The second-order valence-electron chi connectivity index (χ2n) is 7.74. The molecule has 0 atom stereocenters. The molecule has 0 aromatic carbocycles. The minimum absolute atomic E-state index is 0.105. The molecular formula is C19H28N4O5. The van der Waals surface area contributed by atoms with Crippen LogP contribution in [0.1, 0.15) is 46.5 Å². The van der Waals surface area contributed by atoms with Gasteiger partial charge in [0.05, 0.1) is 12.0 Å². The standard InChI is InChI=1S/C19H28N4O5/c1-19(2,3)28-18(24)21-14-7-5-13(6-8-14)11-12-20-17-15(23(25)26)9-10-16(22-17)27-4/h9-14H,5-8H2,1-4H3,(H,20,22)(H,21,24)/b12-11+. The maximum absolute atomic E-state index is 11.8. The summed E-state index contributed by atoms with van der Waals surface area (Å²) in [6.07, 6.45) is 6.80. The van der Waals surface area contributed by atoms with E-state index in [2.05, 4.69) is 15.6 Å². The van der Waals surface area contributed by atoms with Crippen LogP contribution in [-0.4, -0.2) is 34.8 Å². The monoisotopic (exact) mass is 392 g/mol. The van der Waals surface area contributed by atoms with Crippen molar-refractivity contribution in [1.82, 2.24) is 10.3 Å². The number of nitrogens with zero attached hydrogens (tertiary/aromatic N) is 2. The fourth-order valence-electron chi connectivity index (χ4n) is 2.99. The molecular weight excluding hydrogens is 364 g/mol. The van der Waals surface area contributed by atoms with Crippen LogP contribution in [0.5, 0.6) is 5.88 Å². The highest BCUT2D eigenvalue weighted by Crippen LogP contribution is 2.27. The maximum atomic E-state index is 11.8. The highest BCUT2D eigenvalue weighted by Gasteiger charge is 2.24. The van der Waals surface area contributed by atoms with Gasteiger partial charge in [-0.3, -0.25) is 10.1 Å². The van der Waals surface area contributed by atoms with Crippen LogP contribution in [0.2, 0.25) is 0 Å². The Labute approximate surface area is 164 Å². The summed E-state index contributed by atoms with van der Waals surface area (Å²) in [7, 11) is 1.46. The molecule has 1 heterocycles. The summed E-state index contributed by atoms with van der Waals surface area (Å²) in [5, 5.41) is 16.9. The Kier molecular flexibility index (Phi) is 7.19. The largest absolute Gasteiger partial charge is 0.481 e. The van der Waals surface area contributed by atoms with Crippen LogP contribution in [0, 0.1) is 16.0 Å². The van der Waals surface area contributed by atoms with Crippen molar-refractivity contribution in [2.24, 2.45) is 5.92 Å². The van der Waals surface area contributed by atoms with E-state index in [-0.39, 0.29) is 23.6 Å². The number of nitro groups is 1. The average Bonchev–Trinajstić information content (AvgIpc) is 2.61. The number of ether oxygens (including phenoxy) is 2. The SMILES string of the molecule is COc1ccc([N+](=O)[O-])c(N/C=C/C2CCC(NC(=O)OC(C)(C)C)CC2)n1. The van der Waals surface area contributed by atoms with Crippen molar-refractivity contribution in [3.63, 3.8) is 0 Å². The topological polar surface area (TPSA) is 116 Å². The van der Waals surface area contributed by atoms with Crippen molar-refractivity contribution < 1.29 is 19.2 Å². The number of nitrogens with one attached hydrogen (secondary N) is 2. The van der Waals surface area contributed by atoms with Crippen LogP contribution in [0.15, 0.2) is 24.4 Å². The molecule has 9 nitrogen and oxygen atoms in total. The van der Waals surface area contributed by atoms with Gasteiger partial charge < -0.3 is 20.1 Å². The van der Waals surface area contributed by atoms with Gasteiger partial charge in [-0.05, 0) is 58.6 Å². The van der Waals surface area contributed by atoms with Crippen molar-refractivity contribution in [3.8, 4) is 5.88 Å². The lowest BCUT2D eigenvalue weighted by Gasteiger charge is -2.28. The molecule has 0 radical (unpaired) electrons. The Hall–Kier alpha value is -2.84. The summed E-state index contributed by atoms with van der Waals surface area (Å²) in [5.74, 6) is 0.768. The number of hydrogen-bond donors (Lipinski definition) is 2. The Balaban J connectivity index is 1.84. The van der Waals surface area contributed by atoms with Gasteiger partial charge in [-0.1, -0.05) is 6.08 Å². The Morgan fingerprint density at radius 3 is 2.54 bits per heavy atom. The van der Waals surface area contributed by atoms with E-state index in [1.54, 1.807) is 6.20 Å². The zero-order chi connectivity index (χ0) is 20.7. The van der Waals surface area contributed by atoms with E-state index in [9.17, 15) is 14.9 Å². The highest BCUT2D eigenvalue weighted by atomic mass is 16.6. The number of hydrogen-bond acceptors (Lipinski definition) is 7. The zero-order valence-electron chi connectivity index (χ0n) is 16.7. The van der Waals surface area contributed by atoms with Crippen molar-refractivity contribution in [2.45, 2.75) is 58.1 Å². The van der Waals surface area contributed by atoms with E-state index >= 15 is 0 Å². The van der Waals surface area contributed by atoms with Gasteiger partial charge in [0.25, 0.3) is 0 Å². The Bertz CT molecular complexity index is 722. The fraction of sp³-hybridized carbons (Fsp3) is 0.579. The summed E-state index contributed by atoms with van der Waals surface area (Å²) in [5.41, 5.74) is -0.623. The molecule has 1 saturated carbocycles. The number of pyridine rings is 1. The van der Waals surface area contributed by atoms with Gasteiger partial charge in [0.1, 0.15) is 5.60 Å². The molecule has 0 aliphatic heterocycles. The highest BCUT2D eigenvalue weighted by molar-refractivity contribution is 5.68. The molecule has 154 valence electrons. The molecule has 1 fully saturated rings. The molecule has 2 rings (SSSR count). The number of carbonyl (C=O) groups excluding carboxylic acids is 1. The molecule has 2 N–H and O–H groups in total. The molecule has 0 saturated heterocycles. The summed E-state index contributed by atoms with van der Waals surface area (Å²) in [6, 6.07) is 2.91. The van der Waals surface area contributed by atoms with Crippen LogP contribution in [0.3, 0.4) is 0 Å². The lowest BCUT2D eigenvalue weighted by molar-refractivity contribution is -0.384. The van der Waals surface area contributed by atoms with Crippen LogP contribution in [0.25, 0.3) is 0 Å². The normalized spacial score (nSPS) is 19.9. The van der Waals surface area contributed by atoms with E-state index in [1.807, 2.05) is 26.8 Å². The lowest BCUT2D eigenvalue weighted by atomic mass is 9.86. The number of anilines is 1. The van der Waals surface area contributed by atoms with Gasteiger partial charge in [-0.15, -0.1) is 0 Å². The third-order valence-corrected chi connectivity index (χ3v) is 4.34. The van der Waals surface area contributed by atoms with Crippen molar-refractivity contribution in [1.29, 1.82) is 0 Å². The van der Waals surface area contributed by atoms with Crippen molar-refractivity contribution in [3.05, 3.63) is 34.5 Å². The first kappa shape index (κ1) is 21.5. The molecule has 1 aliphatic carbocycles. The van der Waals surface area contributed by atoms with Crippen LogP contribution < -0.4 is 15.4 Å². The second kappa shape index (κ2) is 9.38. The van der Waals surface area contributed by atoms with Crippen molar-refractivity contribution >= 4 is 17.6 Å². The first-order chi connectivity index (χ1) is 13.2. The van der Waals surface area contributed by atoms with Gasteiger partial charge in [0, 0.05) is 18.2 Å². The van der Waals surface area contributed by atoms with Crippen molar-refractivity contribution in [2.75, 3.05) is 12.4 Å². The summed E-state index contributed by atoms with van der Waals surface area (Å²) in [4.78, 5) is 26.6. The number of allylic oxidation sites excluding steroid dienone is 1. The van der Waals surface area contributed by atoms with Gasteiger partial charge in [0.2, 0.25) is 11.7 Å². The molecule has 0 unspecified atom stereocenters. The number of alkyl carbamates (subject to hydrolysis) is 1. The number of carbonyl (C=O) groups is 1. The van der Waals surface area contributed by atoms with Gasteiger partial charge in [-0.2, -0.15) is 4.98 Å². The third kappa shape index (κ3) is 6.71.